The van der Waals surface area contributed by atoms with Crippen LogP contribution in [0.25, 0.3) is 0 Å². The Morgan fingerprint density at radius 3 is 2.95 bits per heavy atom. The molecule has 1 aromatic heterocycles. The molecule has 0 aliphatic heterocycles. The Bertz CT molecular complexity index is 587. The van der Waals surface area contributed by atoms with Crippen molar-refractivity contribution in [2.75, 3.05) is 17.6 Å². The quantitative estimate of drug-likeness (QED) is 0.563. The van der Waals surface area contributed by atoms with Gasteiger partial charge in [-0.15, -0.1) is 0 Å². The normalized spacial score (nSPS) is 10.4. The van der Waals surface area contributed by atoms with Crippen LogP contribution in [0.15, 0.2) is 45.5 Å². The predicted molar refractivity (Wildman–Crippen MR) is 98.0 cm³/mol. The van der Waals surface area contributed by atoms with Crippen molar-refractivity contribution in [3.05, 3.63) is 52.4 Å². The van der Waals surface area contributed by atoms with Crippen LogP contribution in [0.2, 0.25) is 0 Å². The number of hydrogen-bond donors (Lipinski definition) is 2. The van der Waals surface area contributed by atoms with E-state index in [0.29, 0.717) is 5.11 Å². The van der Waals surface area contributed by atoms with Gasteiger partial charge in [-0.2, -0.15) is 11.8 Å². The van der Waals surface area contributed by atoms with Gasteiger partial charge in [-0.25, -0.2) is 0 Å². The average Bonchev–Trinajstić information content (AvgIpc) is 2.96. The number of furan rings is 1. The third kappa shape index (κ3) is 5.73. The van der Waals surface area contributed by atoms with E-state index in [4.69, 9.17) is 16.6 Å². The molecule has 1 heterocycles. The lowest BCUT2D eigenvalue weighted by molar-refractivity contribution is 0.530. The molecule has 0 saturated carbocycles. The summed E-state index contributed by atoms with van der Waals surface area (Å²) in [5.74, 6) is 2.87. The van der Waals surface area contributed by atoms with Gasteiger partial charge in [0.25, 0.3) is 0 Å². The molecule has 0 fully saturated rings. The number of benzene rings is 1. The van der Waals surface area contributed by atoms with Crippen LogP contribution in [0.4, 0.5) is 5.69 Å². The molecule has 2 aromatic rings. The van der Waals surface area contributed by atoms with Gasteiger partial charge in [-0.05, 0) is 55.0 Å². The summed E-state index contributed by atoms with van der Waals surface area (Å²) < 4.78 is 6.38. The number of rotatable bonds is 6. The van der Waals surface area contributed by atoms with Crippen molar-refractivity contribution in [1.82, 2.24) is 5.32 Å². The van der Waals surface area contributed by atoms with Crippen molar-refractivity contribution in [2.24, 2.45) is 0 Å². The lowest BCUT2D eigenvalue weighted by Gasteiger charge is -2.11. The first-order valence-electron chi connectivity index (χ1n) is 6.56. The number of hydrogen-bond acceptors (Lipinski definition) is 3. The Labute approximate surface area is 143 Å². The topological polar surface area (TPSA) is 37.2 Å². The monoisotopic (exact) mass is 384 g/mol. The van der Waals surface area contributed by atoms with Crippen LogP contribution in [-0.4, -0.2) is 17.4 Å². The Balaban J connectivity index is 1.64. The first-order valence-corrected chi connectivity index (χ1v) is 8.92. The third-order valence-corrected chi connectivity index (χ3v) is 4.89. The lowest BCUT2D eigenvalue weighted by Crippen LogP contribution is -2.30. The highest BCUT2D eigenvalue weighted by Gasteiger charge is 2.00. The molecule has 6 heteroatoms. The maximum absolute atomic E-state index is 5.28. The molecule has 0 amide bonds. The summed E-state index contributed by atoms with van der Waals surface area (Å²) >= 11 is 10.6. The summed E-state index contributed by atoms with van der Waals surface area (Å²) in [6.45, 7) is 2.88. The molecule has 0 aliphatic carbocycles. The zero-order chi connectivity index (χ0) is 15.1. The Morgan fingerprint density at radius 2 is 2.24 bits per heavy atom. The van der Waals surface area contributed by atoms with Gasteiger partial charge in [-0.3, -0.25) is 0 Å². The molecule has 2 rings (SSSR count). The van der Waals surface area contributed by atoms with Gasteiger partial charge in [0, 0.05) is 22.5 Å². The number of nitrogens with one attached hydrogen (secondary N) is 2. The van der Waals surface area contributed by atoms with E-state index in [2.05, 4.69) is 39.6 Å². The number of halogens is 1. The average molecular weight is 385 g/mol. The second-order valence-corrected chi connectivity index (χ2v) is 6.84. The Hall–Kier alpha value is -0.980. The summed E-state index contributed by atoms with van der Waals surface area (Å²) in [5, 5.41) is 7.04. The van der Waals surface area contributed by atoms with Crippen molar-refractivity contribution in [3.63, 3.8) is 0 Å². The largest absolute Gasteiger partial charge is 0.468 e. The van der Waals surface area contributed by atoms with E-state index in [9.17, 15) is 0 Å². The fraction of sp³-hybridized carbons (Fsp3) is 0.267. The fourth-order valence-corrected chi connectivity index (χ4v) is 2.92. The minimum atomic E-state index is 0.648. The van der Waals surface area contributed by atoms with Gasteiger partial charge in [-0.1, -0.05) is 15.9 Å². The summed E-state index contributed by atoms with van der Waals surface area (Å²) in [5.41, 5.74) is 2.17. The van der Waals surface area contributed by atoms with Crippen molar-refractivity contribution in [3.8, 4) is 0 Å². The maximum atomic E-state index is 5.28. The molecule has 0 spiro atoms. The molecule has 0 aliphatic rings. The highest BCUT2D eigenvalue weighted by atomic mass is 79.9. The molecule has 0 saturated heterocycles. The van der Waals surface area contributed by atoms with Crippen LogP contribution in [0.3, 0.4) is 0 Å². The fourth-order valence-electron chi connectivity index (χ4n) is 1.70. The summed E-state index contributed by atoms with van der Waals surface area (Å²) in [6, 6.07) is 9.97. The summed E-state index contributed by atoms with van der Waals surface area (Å²) in [7, 11) is 0. The van der Waals surface area contributed by atoms with Crippen molar-refractivity contribution in [2.45, 2.75) is 12.7 Å². The minimum absolute atomic E-state index is 0.648. The van der Waals surface area contributed by atoms with Gasteiger partial charge in [0.05, 0.1) is 12.0 Å². The molecular weight excluding hydrogens is 368 g/mol. The molecule has 2 N–H and O–H groups in total. The smallest absolute Gasteiger partial charge is 0.170 e. The van der Waals surface area contributed by atoms with Gasteiger partial charge in [0.1, 0.15) is 5.76 Å². The summed E-state index contributed by atoms with van der Waals surface area (Å²) in [4.78, 5) is 0. The highest BCUT2D eigenvalue weighted by Crippen LogP contribution is 2.19. The molecule has 21 heavy (non-hydrogen) atoms. The van der Waals surface area contributed by atoms with E-state index < -0.39 is 0 Å². The minimum Gasteiger partial charge on any atom is -0.468 e. The van der Waals surface area contributed by atoms with E-state index in [1.54, 1.807) is 6.26 Å². The van der Waals surface area contributed by atoms with Gasteiger partial charge < -0.3 is 15.1 Å². The van der Waals surface area contributed by atoms with Gasteiger partial charge in [0.15, 0.2) is 5.11 Å². The Morgan fingerprint density at radius 1 is 1.38 bits per heavy atom. The Kier molecular flexibility index (Phi) is 6.60. The second-order valence-electron chi connectivity index (χ2n) is 4.48. The SMILES string of the molecule is Cc1cc(NC(=S)NCCSCc2ccco2)ccc1Br. The van der Waals surface area contributed by atoms with Gasteiger partial charge in [0.2, 0.25) is 0 Å². The van der Waals surface area contributed by atoms with Crippen LogP contribution in [-0.2, 0) is 5.75 Å². The zero-order valence-corrected chi connectivity index (χ0v) is 14.9. The van der Waals surface area contributed by atoms with Crippen LogP contribution < -0.4 is 10.6 Å². The molecule has 1 aromatic carbocycles. The lowest BCUT2D eigenvalue weighted by atomic mass is 10.2. The third-order valence-electron chi connectivity index (χ3n) is 2.77. The summed E-state index contributed by atoms with van der Waals surface area (Å²) in [6.07, 6.45) is 1.70. The number of thiocarbonyl (C=S) groups is 1. The maximum Gasteiger partial charge on any atom is 0.170 e. The molecule has 112 valence electrons. The van der Waals surface area contributed by atoms with E-state index >= 15 is 0 Å². The molecule has 0 radical (unpaired) electrons. The van der Waals surface area contributed by atoms with E-state index in [1.807, 2.05) is 36.0 Å². The second kappa shape index (κ2) is 8.46. The standard InChI is InChI=1S/C15H17BrN2OS2/c1-11-9-12(4-5-14(11)16)18-15(20)17-6-8-21-10-13-3-2-7-19-13/h2-5,7,9H,6,8,10H2,1H3,(H2,17,18,20). The van der Waals surface area contributed by atoms with Gasteiger partial charge >= 0.3 is 0 Å². The van der Waals surface area contributed by atoms with Crippen molar-refractivity contribution >= 4 is 50.7 Å². The van der Waals surface area contributed by atoms with Crippen LogP contribution in [0.5, 0.6) is 0 Å². The van der Waals surface area contributed by atoms with E-state index in [0.717, 1.165) is 34.0 Å². The van der Waals surface area contributed by atoms with Crippen LogP contribution in [0, 0.1) is 6.92 Å². The highest BCUT2D eigenvalue weighted by molar-refractivity contribution is 9.10. The van der Waals surface area contributed by atoms with Crippen molar-refractivity contribution in [1.29, 1.82) is 0 Å². The van der Waals surface area contributed by atoms with E-state index in [-0.39, 0.29) is 0 Å². The van der Waals surface area contributed by atoms with Crippen molar-refractivity contribution < 1.29 is 4.42 Å². The molecule has 0 atom stereocenters. The van der Waals surface area contributed by atoms with Crippen LogP contribution in [0.1, 0.15) is 11.3 Å². The van der Waals surface area contributed by atoms with Crippen LogP contribution >= 0.6 is 39.9 Å². The number of thioether (sulfide) groups is 1. The zero-order valence-electron chi connectivity index (χ0n) is 11.7. The first-order chi connectivity index (χ1) is 10.1. The number of anilines is 1. The molecular formula is C15H17BrN2OS2. The predicted octanol–water partition coefficient (Wildman–Crippen LogP) is 4.57. The number of aryl methyl sites for hydroxylation is 1. The van der Waals surface area contributed by atoms with E-state index in [1.165, 1.54) is 5.56 Å². The molecule has 0 unspecified atom stereocenters. The molecule has 3 nitrogen and oxygen atoms in total. The first kappa shape index (κ1) is 16.4. The molecule has 0 bridgehead atoms.